The summed E-state index contributed by atoms with van der Waals surface area (Å²) in [4.78, 5) is 74.1. The predicted octanol–water partition coefficient (Wildman–Crippen LogP) is 10.0. The molecule has 0 radical (unpaired) electrons. The summed E-state index contributed by atoms with van der Waals surface area (Å²) in [6, 6.07) is 15.2. The summed E-state index contributed by atoms with van der Waals surface area (Å²) in [6.45, 7) is 9.29. The Bertz CT molecular complexity index is 3530. The average Bonchev–Trinajstić information content (AvgIpc) is 1.95. The number of carbonyl (C=O) groups is 4. The first-order valence-electron chi connectivity index (χ1n) is 27.8. The minimum atomic E-state index is -0.562. The van der Waals surface area contributed by atoms with E-state index in [1.807, 2.05) is 64.1 Å². The van der Waals surface area contributed by atoms with Gasteiger partial charge in [-0.05, 0) is 203 Å². The number of pyridine rings is 6. The Hall–Kier alpha value is -6.53. The molecule has 464 valence electrons. The zero-order valence-electron chi connectivity index (χ0n) is 48.9. The highest BCUT2D eigenvalue weighted by atomic mass is 79.9. The number of hydrogen-bond acceptors (Lipinski definition) is 16. The first kappa shape index (κ1) is 70.6. The van der Waals surface area contributed by atoms with E-state index >= 15 is 0 Å². The smallest absolute Gasteiger partial charge is 0.399 e. The summed E-state index contributed by atoms with van der Waals surface area (Å²) in [7, 11) is -0.438. The maximum atomic E-state index is 11.8. The van der Waals surface area contributed by atoms with Crippen LogP contribution < -0.4 is 38.2 Å². The minimum absolute atomic E-state index is 0.212. The van der Waals surface area contributed by atoms with Crippen LogP contribution in [0, 0.1) is 22.7 Å². The Labute approximate surface area is 550 Å². The van der Waals surface area contributed by atoms with Gasteiger partial charge >= 0.3 is 19.2 Å². The van der Waals surface area contributed by atoms with Crippen molar-refractivity contribution in [1.29, 1.82) is 10.5 Å². The standard InChI is InChI=1S/C18H19N5O2.C15H22BN3O3.C9H9BrN2O.C9H7BrN2.C7H5BrN2.C2H4BrCl.H2O2/c19-16(24)18(3-4-18)14-7-13(8-21-10-14)12-6-11-2-1-5-23(17(20)25)15(11)22-9-12;1-14(2)15(3,4)22-16(21-14)11-8-10-6-5-7-19(13(17)20)12(10)18-9-11;10-7-3-6(4-12-5-7)9(1-2-9)8(11)13;10-8-3-7(4-12-5-8)9(6-11)1-2-9;8-7-3-6(1-2-9)4-10-5-7;3-1-2-4;1-2/h6-10H,1-5H2,(H2,19,24)(H2,20,25);8-9H,5-7H2,1-4H3,(H2,17,20);3-5H,1-2H2,(H2,11,13);3-5H,1-2H2;3-5H,1H2;1-2H2;1-2H. The van der Waals surface area contributed by atoms with Crippen molar-refractivity contribution >= 4 is 123 Å². The third kappa shape index (κ3) is 17.7. The number of primary amides is 4. The first-order valence-corrected chi connectivity index (χ1v) is 31.9. The van der Waals surface area contributed by atoms with Gasteiger partial charge in [0.05, 0.1) is 46.0 Å². The van der Waals surface area contributed by atoms with E-state index in [9.17, 15) is 19.2 Å². The van der Waals surface area contributed by atoms with Crippen molar-refractivity contribution in [3.63, 3.8) is 0 Å². The Morgan fingerprint density at radius 1 is 0.614 bits per heavy atom. The molecule has 0 bridgehead atoms. The monoisotopic (exact) mass is 1470 g/mol. The second-order valence-electron chi connectivity index (χ2n) is 22.3. The van der Waals surface area contributed by atoms with E-state index in [0.29, 0.717) is 37.0 Å². The summed E-state index contributed by atoms with van der Waals surface area (Å²) in [6.07, 6.45) is 26.2. The fraction of sp³-hybridized carbons (Fsp3) is 0.400. The topological polar surface area (TPSA) is 363 Å². The Morgan fingerprint density at radius 2 is 1.05 bits per heavy atom. The lowest BCUT2D eigenvalue weighted by molar-refractivity contribution is -0.176. The molecular weight excluding hydrogens is 1410 g/mol. The van der Waals surface area contributed by atoms with Gasteiger partial charge in [-0.2, -0.15) is 10.5 Å². The van der Waals surface area contributed by atoms with E-state index in [1.165, 1.54) is 9.80 Å². The Kier molecular flexibility index (Phi) is 25.1. The molecule has 0 spiro atoms. The number of aromatic nitrogens is 6. The van der Waals surface area contributed by atoms with Gasteiger partial charge in [-0.25, -0.2) is 19.6 Å². The number of halogens is 5. The molecule has 22 nitrogen and oxygen atoms in total. The number of alkyl halides is 2. The van der Waals surface area contributed by atoms with Gasteiger partial charge in [-0.15, -0.1) is 11.6 Å². The fourth-order valence-electron chi connectivity index (χ4n) is 9.69. The molecule has 0 unspecified atom stereocenters. The van der Waals surface area contributed by atoms with Gasteiger partial charge in [-0.3, -0.25) is 49.8 Å². The highest BCUT2D eigenvalue weighted by Gasteiger charge is 2.53. The highest BCUT2D eigenvalue weighted by Crippen LogP contribution is 2.50. The highest BCUT2D eigenvalue weighted by molar-refractivity contribution is 9.11. The zero-order chi connectivity index (χ0) is 64.6. The van der Waals surface area contributed by atoms with Crippen LogP contribution >= 0.6 is 75.3 Å². The molecule has 10 N–H and O–H groups in total. The van der Waals surface area contributed by atoms with E-state index in [4.69, 9.17) is 64.9 Å². The largest absolute Gasteiger partial charge is 0.496 e. The van der Waals surface area contributed by atoms with Crippen LogP contribution in [0.25, 0.3) is 11.1 Å². The molecule has 88 heavy (non-hydrogen) atoms. The molecule has 6 aromatic heterocycles. The number of urea groups is 2. The van der Waals surface area contributed by atoms with Crippen LogP contribution in [0.4, 0.5) is 21.2 Å². The molecule has 0 aromatic carbocycles. The van der Waals surface area contributed by atoms with Crippen molar-refractivity contribution in [1.82, 2.24) is 29.9 Å². The quantitative estimate of drug-likeness (QED) is 0.0339. The molecule has 6 aliphatic rings. The van der Waals surface area contributed by atoms with Crippen molar-refractivity contribution < 1.29 is 39.0 Å². The Morgan fingerprint density at radius 3 is 1.48 bits per heavy atom. The molecule has 9 heterocycles. The Balaban J connectivity index is 0.000000178. The summed E-state index contributed by atoms with van der Waals surface area (Å²) in [5, 5.41) is 30.1. The van der Waals surface area contributed by atoms with Crippen LogP contribution in [0.15, 0.2) is 112 Å². The number of anilines is 2. The number of aryl methyl sites for hydroxylation is 2. The fourth-order valence-corrected chi connectivity index (χ4v) is 10.8. The number of carbonyl (C=O) groups excluding carboxylic acids is 4. The zero-order valence-corrected chi connectivity index (χ0v) is 56.0. The average molecular weight is 1480 g/mol. The third-order valence-corrected chi connectivity index (χ3v) is 18.1. The lowest BCUT2D eigenvalue weighted by Crippen LogP contribution is -2.41. The molecule has 3 saturated carbocycles. The van der Waals surface area contributed by atoms with Gasteiger partial charge < -0.3 is 32.2 Å². The normalized spacial score (nSPS) is 17.3. The van der Waals surface area contributed by atoms with Crippen molar-refractivity contribution in [2.24, 2.45) is 22.9 Å². The van der Waals surface area contributed by atoms with E-state index < -0.39 is 30.0 Å². The molecule has 1 saturated heterocycles. The van der Waals surface area contributed by atoms with Gasteiger partial charge in [0.1, 0.15) is 11.6 Å². The van der Waals surface area contributed by atoms with E-state index in [1.54, 1.807) is 62.0 Å². The number of rotatable bonds is 9. The van der Waals surface area contributed by atoms with Crippen molar-refractivity contribution in [2.45, 2.75) is 126 Å². The second-order valence-corrected chi connectivity index (χ2v) is 26.2. The predicted molar refractivity (Wildman–Crippen MR) is 350 cm³/mol. The van der Waals surface area contributed by atoms with Crippen molar-refractivity contribution in [3.05, 3.63) is 145 Å². The van der Waals surface area contributed by atoms with Crippen LogP contribution in [0.2, 0.25) is 0 Å². The molecule has 3 aliphatic carbocycles. The molecule has 0 atom stereocenters. The van der Waals surface area contributed by atoms with Gasteiger partial charge in [-0.1, -0.05) is 22.0 Å². The lowest BCUT2D eigenvalue weighted by Gasteiger charge is -2.32. The number of nitrogens with two attached hydrogens (primary N) is 4. The summed E-state index contributed by atoms with van der Waals surface area (Å²) in [5.41, 5.74) is 28.2. The molecule has 3 aliphatic heterocycles. The maximum absolute atomic E-state index is 11.8. The number of amides is 6. The van der Waals surface area contributed by atoms with E-state index in [0.717, 1.165) is 133 Å². The van der Waals surface area contributed by atoms with E-state index in [-0.39, 0.29) is 28.4 Å². The maximum Gasteiger partial charge on any atom is 0.496 e. The van der Waals surface area contributed by atoms with Gasteiger partial charge in [0.15, 0.2) is 0 Å². The van der Waals surface area contributed by atoms with E-state index in [2.05, 4.69) is 106 Å². The van der Waals surface area contributed by atoms with Crippen molar-refractivity contribution in [3.8, 4) is 23.3 Å². The number of hydrogen-bond donors (Lipinski definition) is 6. The molecule has 28 heteroatoms. The van der Waals surface area contributed by atoms with Crippen LogP contribution in [0.1, 0.15) is 112 Å². The van der Waals surface area contributed by atoms with Crippen molar-refractivity contribution in [2.75, 3.05) is 34.1 Å². The lowest BCUT2D eigenvalue weighted by atomic mass is 9.79. The van der Waals surface area contributed by atoms with Gasteiger partial charge in [0.2, 0.25) is 11.8 Å². The molecule has 6 aromatic rings. The van der Waals surface area contributed by atoms with Crippen LogP contribution in [0.3, 0.4) is 0 Å². The molecular formula is C60H68BBr4ClN14O8. The number of nitrogens with zero attached hydrogens (tertiary/aromatic N) is 10. The number of fused-ring (bicyclic) bond motifs is 2. The molecule has 12 rings (SSSR count). The van der Waals surface area contributed by atoms with Gasteiger partial charge in [0.25, 0.3) is 0 Å². The second kappa shape index (κ2) is 31.3. The summed E-state index contributed by atoms with van der Waals surface area (Å²) in [5.74, 6) is 1.45. The van der Waals surface area contributed by atoms with Gasteiger partial charge in [0, 0.05) is 116 Å². The SMILES string of the molecule is CC1(C)OB(c2cnc3c(c2)CCCN3C(N)=O)OC1(C)C.ClCCBr.N#CC1(c2cncc(Br)c2)CC1.N#CCc1cncc(Br)c1.NC(=O)C1(c2cncc(Br)c2)CC1.NC(=O)N1CCCc2cc(-c3cncc(C4(C(N)=O)CC4)c3)cnc21.OO. The third-order valence-electron chi connectivity index (χ3n) is 15.8. The van der Waals surface area contributed by atoms with Crippen LogP contribution in [-0.2, 0) is 54.4 Å². The van der Waals surface area contributed by atoms with Crippen LogP contribution in [-0.4, -0.2) is 107 Å². The molecule has 4 fully saturated rings. The molecule has 6 amide bonds. The minimum Gasteiger partial charge on any atom is -0.399 e. The summed E-state index contributed by atoms with van der Waals surface area (Å²) >= 11 is 18.2. The summed E-state index contributed by atoms with van der Waals surface area (Å²) < 4.78 is 14.8. The van der Waals surface area contributed by atoms with Crippen LogP contribution in [0.5, 0.6) is 0 Å². The number of nitriles is 2. The first-order chi connectivity index (χ1) is 41.9.